The van der Waals surface area contributed by atoms with Crippen molar-refractivity contribution in [2.75, 3.05) is 0 Å². The fraction of sp³-hybridized carbons (Fsp3) is 0.538. The van der Waals surface area contributed by atoms with Crippen LogP contribution in [0.2, 0.25) is 5.15 Å². The van der Waals surface area contributed by atoms with Crippen LogP contribution in [0.3, 0.4) is 0 Å². The molecule has 4 rings (SSSR count). The van der Waals surface area contributed by atoms with Gasteiger partial charge in [-0.2, -0.15) is 0 Å². The molecule has 1 aromatic heterocycles. The first-order chi connectivity index (χ1) is 8.24. The number of Topliss-reactive ketones (excluding diaryl/α,β-unsaturated/α-hetero) is 1. The molecule has 1 unspecified atom stereocenters. The van der Waals surface area contributed by atoms with Crippen molar-refractivity contribution in [3.05, 3.63) is 28.5 Å². The second kappa shape index (κ2) is 3.30. The van der Waals surface area contributed by atoms with Crippen molar-refractivity contribution >= 4 is 17.4 Å². The Bertz CT molecular complexity index is 516. The summed E-state index contributed by atoms with van der Waals surface area (Å²) in [5, 5.41) is 0.532. The zero-order valence-corrected chi connectivity index (χ0v) is 10.2. The number of carbonyl (C=O) groups excluding carboxylic acids is 1. The van der Waals surface area contributed by atoms with Crippen molar-refractivity contribution in [3.63, 3.8) is 0 Å². The van der Waals surface area contributed by atoms with E-state index in [9.17, 15) is 4.79 Å². The SMILES string of the molecule is O=C1C[C@@H]2CC[C@@H]3[C@H]1c1cnc(Cl)cc1CN23. The molecular formula is C13H13ClN2O. The van der Waals surface area contributed by atoms with Gasteiger partial charge in [-0.05, 0) is 30.0 Å². The first kappa shape index (κ1) is 10.0. The molecule has 4 heteroatoms. The van der Waals surface area contributed by atoms with E-state index in [0.717, 1.165) is 24.9 Å². The zero-order chi connectivity index (χ0) is 11.6. The average molecular weight is 249 g/mol. The van der Waals surface area contributed by atoms with Crippen LogP contribution in [-0.4, -0.2) is 27.8 Å². The summed E-state index contributed by atoms with van der Waals surface area (Å²) in [7, 11) is 0. The van der Waals surface area contributed by atoms with Gasteiger partial charge in [-0.25, -0.2) is 4.98 Å². The molecular weight excluding hydrogens is 236 g/mol. The predicted molar refractivity (Wildman–Crippen MR) is 64.0 cm³/mol. The van der Waals surface area contributed by atoms with Gasteiger partial charge >= 0.3 is 0 Å². The first-order valence-electron chi connectivity index (χ1n) is 6.17. The van der Waals surface area contributed by atoms with Gasteiger partial charge < -0.3 is 0 Å². The van der Waals surface area contributed by atoms with Crippen molar-refractivity contribution in [2.45, 2.75) is 43.8 Å². The molecule has 2 saturated heterocycles. The molecule has 4 heterocycles. The van der Waals surface area contributed by atoms with Crippen LogP contribution >= 0.6 is 11.6 Å². The highest BCUT2D eigenvalue weighted by atomic mass is 35.5. The maximum absolute atomic E-state index is 12.2. The number of carbonyl (C=O) groups is 1. The Kier molecular flexibility index (Phi) is 1.95. The fourth-order valence-electron chi connectivity index (χ4n) is 3.84. The van der Waals surface area contributed by atoms with E-state index in [1.54, 1.807) is 0 Å². The second-order valence-corrected chi connectivity index (χ2v) is 5.71. The van der Waals surface area contributed by atoms with Crippen LogP contribution in [0.5, 0.6) is 0 Å². The number of piperidine rings is 1. The molecule has 0 amide bonds. The molecule has 0 N–H and O–H groups in total. The Morgan fingerprint density at radius 2 is 2.29 bits per heavy atom. The Morgan fingerprint density at radius 1 is 1.41 bits per heavy atom. The minimum absolute atomic E-state index is 0.0577. The number of pyridine rings is 1. The first-order valence-corrected chi connectivity index (χ1v) is 6.54. The van der Waals surface area contributed by atoms with Gasteiger partial charge in [0.1, 0.15) is 10.9 Å². The van der Waals surface area contributed by atoms with E-state index in [0.29, 0.717) is 23.0 Å². The topological polar surface area (TPSA) is 33.2 Å². The van der Waals surface area contributed by atoms with Crippen LogP contribution in [0, 0.1) is 0 Å². The highest BCUT2D eigenvalue weighted by molar-refractivity contribution is 6.29. The number of aromatic nitrogens is 1. The molecule has 2 fully saturated rings. The van der Waals surface area contributed by atoms with Gasteiger partial charge in [0.05, 0.1) is 5.92 Å². The van der Waals surface area contributed by atoms with Crippen molar-refractivity contribution in [3.8, 4) is 0 Å². The Balaban J connectivity index is 1.90. The van der Waals surface area contributed by atoms with E-state index in [1.165, 1.54) is 12.0 Å². The number of rotatable bonds is 0. The van der Waals surface area contributed by atoms with Gasteiger partial charge in [-0.15, -0.1) is 0 Å². The standard InChI is InChI=1S/C13H13ClN2O/c14-12-3-7-6-16-8-1-2-10(16)13(11(17)4-8)9(7)5-15-12/h3,5,8,10,13H,1-2,4,6H2/t8-,10+,13+/m0/s1. The van der Waals surface area contributed by atoms with E-state index >= 15 is 0 Å². The maximum Gasteiger partial charge on any atom is 0.143 e. The fourth-order valence-corrected chi connectivity index (χ4v) is 4.02. The minimum atomic E-state index is 0.0577. The predicted octanol–water partition coefficient (Wildman–Crippen LogP) is 2.14. The molecule has 4 atom stereocenters. The lowest BCUT2D eigenvalue weighted by Crippen LogP contribution is -2.50. The molecule has 4 bridgehead atoms. The molecule has 0 radical (unpaired) electrons. The molecule has 88 valence electrons. The summed E-state index contributed by atoms with van der Waals surface area (Å²) < 4.78 is 0. The van der Waals surface area contributed by atoms with Gasteiger partial charge in [-0.1, -0.05) is 11.6 Å². The van der Waals surface area contributed by atoms with E-state index < -0.39 is 0 Å². The highest BCUT2D eigenvalue weighted by Crippen LogP contribution is 2.47. The molecule has 3 nitrogen and oxygen atoms in total. The summed E-state index contributed by atoms with van der Waals surface area (Å²) >= 11 is 5.94. The van der Waals surface area contributed by atoms with Gasteiger partial charge in [-0.3, -0.25) is 9.69 Å². The van der Waals surface area contributed by atoms with Crippen molar-refractivity contribution in [1.82, 2.24) is 9.88 Å². The summed E-state index contributed by atoms with van der Waals surface area (Å²) in [6, 6.07) is 2.83. The minimum Gasteiger partial charge on any atom is -0.299 e. The highest BCUT2D eigenvalue weighted by Gasteiger charge is 2.50. The second-order valence-electron chi connectivity index (χ2n) is 5.32. The summed E-state index contributed by atoms with van der Waals surface area (Å²) in [6.45, 7) is 0.941. The summed E-state index contributed by atoms with van der Waals surface area (Å²) in [5.41, 5.74) is 2.33. The number of nitrogens with zero attached hydrogens (tertiary/aromatic N) is 2. The monoisotopic (exact) mass is 248 g/mol. The van der Waals surface area contributed by atoms with Crippen LogP contribution in [0.1, 0.15) is 36.3 Å². The van der Waals surface area contributed by atoms with Gasteiger partial charge in [0, 0.05) is 31.2 Å². The quantitative estimate of drug-likeness (QED) is 0.660. The van der Waals surface area contributed by atoms with Gasteiger partial charge in [0.2, 0.25) is 0 Å². The molecule has 17 heavy (non-hydrogen) atoms. The lowest BCUT2D eigenvalue weighted by atomic mass is 9.78. The Labute approximate surface area is 105 Å². The number of halogens is 1. The summed E-state index contributed by atoms with van der Waals surface area (Å²) in [5.74, 6) is 0.459. The largest absolute Gasteiger partial charge is 0.299 e. The normalized spacial score (nSPS) is 38.1. The van der Waals surface area contributed by atoms with Gasteiger partial charge in [0.15, 0.2) is 0 Å². The zero-order valence-electron chi connectivity index (χ0n) is 9.40. The van der Waals surface area contributed by atoms with Crippen molar-refractivity contribution < 1.29 is 4.79 Å². The van der Waals surface area contributed by atoms with Crippen LogP contribution in [0.25, 0.3) is 0 Å². The summed E-state index contributed by atoms with van der Waals surface area (Å²) in [6.07, 6.45) is 4.87. The van der Waals surface area contributed by atoms with E-state index in [2.05, 4.69) is 9.88 Å². The van der Waals surface area contributed by atoms with E-state index in [-0.39, 0.29) is 5.92 Å². The number of hydrogen-bond donors (Lipinski definition) is 0. The van der Waals surface area contributed by atoms with Crippen molar-refractivity contribution in [2.24, 2.45) is 0 Å². The third kappa shape index (κ3) is 1.27. The summed E-state index contributed by atoms with van der Waals surface area (Å²) in [4.78, 5) is 18.9. The molecule has 0 aromatic carbocycles. The Hall–Kier alpha value is -0.930. The molecule has 0 aliphatic carbocycles. The average Bonchev–Trinajstić information content (AvgIpc) is 2.58. The van der Waals surface area contributed by atoms with Crippen molar-refractivity contribution in [1.29, 1.82) is 0 Å². The van der Waals surface area contributed by atoms with Gasteiger partial charge in [0.25, 0.3) is 0 Å². The number of ketones is 1. The number of hydrogen-bond acceptors (Lipinski definition) is 3. The smallest absolute Gasteiger partial charge is 0.143 e. The van der Waals surface area contributed by atoms with E-state index in [4.69, 9.17) is 11.6 Å². The molecule has 0 spiro atoms. The maximum atomic E-state index is 12.2. The lowest BCUT2D eigenvalue weighted by molar-refractivity contribution is -0.126. The third-order valence-electron chi connectivity index (χ3n) is 4.54. The van der Waals surface area contributed by atoms with Crippen LogP contribution in [0.4, 0.5) is 0 Å². The lowest BCUT2D eigenvalue weighted by Gasteiger charge is -2.44. The molecule has 3 aliphatic heterocycles. The third-order valence-corrected chi connectivity index (χ3v) is 4.74. The molecule has 1 aromatic rings. The number of fused-ring (bicyclic) bond motifs is 2. The van der Waals surface area contributed by atoms with Crippen LogP contribution in [0.15, 0.2) is 12.3 Å². The molecule has 0 saturated carbocycles. The molecule has 3 aliphatic rings. The Morgan fingerprint density at radius 3 is 3.18 bits per heavy atom. The van der Waals surface area contributed by atoms with E-state index in [1.807, 2.05) is 12.3 Å². The van der Waals surface area contributed by atoms with Crippen LogP contribution < -0.4 is 0 Å². The van der Waals surface area contributed by atoms with Crippen LogP contribution in [-0.2, 0) is 11.3 Å².